The molecule has 1 aromatic heterocycles. The standard InChI is InChI=1S/C12H9BrO2/c1-8-2-3-9(13)6-11(8)12-5-4-10(7-14)15-12/h2-7H,1H3. The van der Waals surface area contributed by atoms with Gasteiger partial charge in [0.25, 0.3) is 0 Å². The molecule has 2 rings (SSSR count). The number of hydrogen-bond donors (Lipinski definition) is 0. The monoisotopic (exact) mass is 264 g/mol. The quantitative estimate of drug-likeness (QED) is 0.772. The van der Waals surface area contributed by atoms with Crippen molar-refractivity contribution in [1.82, 2.24) is 0 Å². The Kier molecular flexibility index (Phi) is 2.73. The lowest BCUT2D eigenvalue weighted by atomic mass is 10.1. The third kappa shape index (κ3) is 2.02. The Morgan fingerprint density at radius 3 is 2.73 bits per heavy atom. The summed E-state index contributed by atoms with van der Waals surface area (Å²) in [5, 5.41) is 0. The predicted octanol–water partition coefficient (Wildman–Crippen LogP) is 3.83. The van der Waals surface area contributed by atoms with E-state index in [0.717, 1.165) is 21.4 Å². The second-order valence-corrected chi connectivity index (χ2v) is 4.19. The molecule has 0 amide bonds. The molecule has 0 bridgehead atoms. The van der Waals surface area contributed by atoms with Crippen LogP contribution in [0.3, 0.4) is 0 Å². The Morgan fingerprint density at radius 1 is 1.27 bits per heavy atom. The fraction of sp³-hybridized carbons (Fsp3) is 0.0833. The molecule has 1 aromatic carbocycles. The number of rotatable bonds is 2. The van der Waals surface area contributed by atoms with E-state index in [2.05, 4.69) is 15.9 Å². The highest BCUT2D eigenvalue weighted by Crippen LogP contribution is 2.27. The molecule has 0 aliphatic heterocycles. The summed E-state index contributed by atoms with van der Waals surface area (Å²) in [7, 11) is 0. The first-order chi connectivity index (χ1) is 7.20. The highest BCUT2D eigenvalue weighted by atomic mass is 79.9. The molecule has 2 aromatic rings. The van der Waals surface area contributed by atoms with Gasteiger partial charge in [0.15, 0.2) is 12.0 Å². The highest BCUT2D eigenvalue weighted by Gasteiger charge is 2.07. The van der Waals surface area contributed by atoms with Crippen LogP contribution in [0.15, 0.2) is 39.2 Å². The van der Waals surface area contributed by atoms with Crippen molar-refractivity contribution in [3.8, 4) is 11.3 Å². The molecule has 3 heteroatoms. The van der Waals surface area contributed by atoms with Gasteiger partial charge in [0, 0.05) is 10.0 Å². The van der Waals surface area contributed by atoms with Crippen molar-refractivity contribution in [3.63, 3.8) is 0 Å². The van der Waals surface area contributed by atoms with E-state index in [1.54, 1.807) is 12.1 Å². The summed E-state index contributed by atoms with van der Waals surface area (Å²) in [6.45, 7) is 2.00. The van der Waals surface area contributed by atoms with E-state index in [4.69, 9.17) is 4.42 Å². The first kappa shape index (κ1) is 10.2. The average Bonchev–Trinajstić information content (AvgIpc) is 2.70. The normalized spacial score (nSPS) is 10.3. The van der Waals surface area contributed by atoms with Crippen LogP contribution in [0, 0.1) is 6.92 Å². The third-order valence-electron chi connectivity index (χ3n) is 2.21. The van der Waals surface area contributed by atoms with Gasteiger partial charge in [0.1, 0.15) is 5.76 Å². The number of benzene rings is 1. The van der Waals surface area contributed by atoms with Crippen molar-refractivity contribution in [2.24, 2.45) is 0 Å². The zero-order valence-electron chi connectivity index (χ0n) is 8.16. The van der Waals surface area contributed by atoms with Gasteiger partial charge in [0.2, 0.25) is 0 Å². The maximum absolute atomic E-state index is 10.5. The number of carbonyl (C=O) groups excluding carboxylic acids is 1. The molecule has 0 fully saturated rings. The molecule has 76 valence electrons. The van der Waals surface area contributed by atoms with Crippen LogP contribution in [-0.4, -0.2) is 6.29 Å². The van der Waals surface area contributed by atoms with E-state index in [-0.39, 0.29) is 0 Å². The first-order valence-electron chi connectivity index (χ1n) is 4.52. The van der Waals surface area contributed by atoms with Gasteiger partial charge in [-0.25, -0.2) is 0 Å². The minimum absolute atomic E-state index is 0.351. The molecule has 0 atom stereocenters. The Labute approximate surface area is 96.0 Å². The van der Waals surface area contributed by atoms with Crippen LogP contribution in [0.25, 0.3) is 11.3 Å². The maximum Gasteiger partial charge on any atom is 0.185 e. The number of furan rings is 1. The summed E-state index contributed by atoms with van der Waals surface area (Å²) in [5.74, 6) is 1.07. The van der Waals surface area contributed by atoms with Crippen LogP contribution in [-0.2, 0) is 0 Å². The van der Waals surface area contributed by atoms with Crippen LogP contribution in [0.5, 0.6) is 0 Å². The third-order valence-corrected chi connectivity index (χ3v) is 2.70. The van der Waals surface area contributed by atoms with Crippen LogP contribution in [0.2, 0.25) is 0 Å². The molecule has 0 radical (unpaired) electrons. The Hall–Kier alpha value is -1.35. The van der Waals surface area contributed by atoms with E-state index >= 15 is 0 Å². The SMILES string of the molecule is Cc1ccc(Br)cc1-c1ccc(C=O)o1. The summed E-state index contributed by atoms with van der Waals surface area (Å²) in [4.78, 5) is 10.5. The van der Waals surface area contributed by atoms with E-state index < -0.39 is 0 Å². The number of aryl methyl sites for hydroxylation is 1. The fourth-order valence-corrected chi connectivity index (χ4v) is 1.78. The minimum Gasteiger partial charge on any atom is -0.453 e. The fourth-order valence-electron chi connectivity index (χ4n) is 1.42. The molecule has 0 unspecified atom stereocenters. The lowest BCUT2D eigenvalue weighted by Gasteiger charge is -2.02. The molecule has 0 aliphatic rings. The largest absolute Gasteiger partial charge is 0.453 e. The van der Waals surface area contributed by atoms with E-state index in [1.807, 2.05) is 25.1 Å². The number of halogens is 1. The lowest BCUT2D eigenvalue weighted by molar-refractivity contribution is 0.110. The lowest BCUT2D eigenvalue weighted by Crippen LogP contribution is -1.80. The molecule has 0 saturated carbocycles. The van der Waals surface area contributed by atoms with Gasteiger partial charge in [-0.1, -0.05) is 22.0 Å². The Balaban J connectivity index is 2.52. The second kappa shape index (κ2) is 4.03. The van der Waals surface area contributed by atoms with Crippen molar-refractivity contribution in [2.75, 3.05) is 0 Å². The van der Waals surface area contributed by atoms with Gasteiger partial charge in [0.05, 0.1) is 0 Å². The molecular weight excluding hydrogens is 256 g/mol. The summed E-state index contributed by atoms with van der Waals surface area (Å²) < 4.78 is 6.36. The van der Waals surface area contributed by atoms with Gasteiger partial charge < -0.3 is 4.42 Å². The zero-order valence-corrected chi connectivity index (χ0v) is 9.74. The van der Waals surface area contributed by atoms with Gasteiger partial charge in [-0.3, -0.25) is 4.79 Å². The molecule has 0 aliphatic carbocycles. The Bertz CT molecular complexity index is 500. The van der Waals surface area contributed by atoms with Gasteiger partial charge in [-0.15, -0.1) is 0 Å². The van der Waals surface area contributed by atoms with Crippen molar-refractivity contribution < 1.29 is 9.21 Å². The summed E-state index contributed by atoms with van der Waals surface area (Å²) in [5.41, 5.74) is 2.11. The molecule has 15 heavy (non-hydrogen) atoms. The van der Waals surface area contributed by atoms with Crippen molar-refractivity contribution >= 4 is 22.2 Å². The topological polar surface area (TPSA) is 30.2 Å². The molecule has 2 nitrogen and oxygen atoms in total. The zero-order chi connectivity index (χ0) is 10.8. The number of aldehydes is 1. The van der Waals surface area contributed by atoms with Crippen LogP contribution in [0.1, 0.15) is 16.1 Å². The van der Waals surface area contributed by atoms with E-state index in [9.17, 15) is 4.79 Å². The number of carbonyl (C=O) groups is 1. The number of hydrogen-bond acceptors (Lipinski definition) is 2. The van der Waals surface area contributed by atoms with Crippen LogP contribution in [0.4, 0.5) is 0 Å². The molecule has 1 heterocycles. The first-order valence-corrected chi connectivity index (χ1v) is 5.31. The summed E-state index contributed by atoms with van der Waals surface area (Å²) in [6, 6.07) is 9.43. The van der Waals surface area contributed by atoms with E-state index in [1.165, 1.54) is 0 Å². The van der Waals surface area contributed by atoms with Crippen LogP contribution >= 0.6 is 15.9 Å². The van der Waals surface area contributed by atoms with Gasteiger partial charge >= 0.3 is 0 Å². The smallest absolute Gasteiger partial charge is 0.185 e. The predicted molar refractivity (Wildman–Crippen MR) is 62.0 cm³/mol. The molecule has 0 N–H and O–H groups in total. The highest BCUT2D eigenvalue weighted by molar-refractivity contribution is 9.10. The van der Waals surface area contributed by atoms with Gasteiger partial charge in [-0.2, -0.15) is 0 Å². The minimum atomic E-state index is 0.351. The molecular formula is C12H9BrO2. The molecule has 0 saturated heterocycles. The average molecular weight is 265 g/mol. The summed E-state index contributed by atoms with van der Waals surface area (Å²) in [6.07, 6.45) is 0.705. The van der Waals surface area contributed by atoms with Crippen molar-refractivity contribution in [3.05, 3.63) is 46.1 Å². The van der Waals surface area contributed by atoms with Crippen molar-refractivity contribution in [2.45, 2.75) is 6.92 Å². The van der Waals surface area contributed by atoms with E-state index in [0.29, 0.717) is 12.0 Å². The maximum atomic E-state index is 10.5. The molecule has 0 spiro atoms. The summed E-state index contributed by atoms with van der Waals surface area (Å²) >= 11 is 3.41. The Morgan fingerprint density at radius 2 is 2.07 bits per heavy atom. The van der Waals surface area contributed by atoms with Crippen molar-refractivity contribution in [1.29, 1.82) is 0 Å². The second-order valence-electron chi connectivity index (χ2n) is 3.28. The van der Waals surface area contributed by atoms with Gasteiger partial charge in [-0.05, 0) is 36.8 Å². The van der Waals surface area contributed by atoms with Crippen LogP contribution < -0.4 is 0 Å².